The van der Waals surface area contributed by atoms with Crippen molar-refractivity contribution in [1.29, 1.82) is 0 Å². The van der Waals surface area contributed by atoms with Crippen LogP contribution in [0.15, 0.2) is 60.7 Å². The second-order valence-corrected chi connectivity index (χ2v) is 9.38. The molecule has 0 radical (unpaired) electrons. The molecule has 1 aliphatic rings. The fourth-order valence-corrected chi connectivity index (χ4v) is 8.35. The van der Waals surface area contributed by atoms with Gasteiger partial charge in [-0.3, -0.25) is 0 Å². The highest BCUT2D eigenvalue weighted by Crippen LogP contribution is 2.29. The van der Waals surface area contributed by atoms with E-state index in [1.54, 1.807) is 0 Å². The molecule has 0 spiro atoms. The Kier molecular flexibility index (Phi) is 3.06. The summed E-state index contributed by atoms with van der Waals surface area (Å²) in [6.07, 6.45) is 2.10. The lowest BCUT2D eigenvalue weighted by atomic mass is 10.4. The molecule has 3 rings (SSSR count). The van der Waals surface area contributed by atoms with Gasteiger partial charge in [0.25, 0.3) is 0 Å². The second-order valence-electron chi connectivity index (χ2n) is 5.11. The van der Waals surface area contributed by atoms with E-state index < -0.39 is 8.07 Å². The topological polar surface area (TPSA) is 20.2 Å². The van der Waals surface area contributed by atoms with Gasteiger partial charge in [0, 0.05) is 0 Å². The highest BCUT2D eigenvalue weighted by molar-refractivity contribution is 7.03. The largest absolute Gasteiger partial charge is 0.396 e. The lowest BCUT2D eigenvalue weighted by Gasteiger charge is -2.31. The minimum absolute atomic E-state index is 0.137. The zero-order chi connectivity index (χ0) is 12.4. The van der Waals surface area contributed by atoms with Gasteiger partial charge < -0.3 is 5.11 Å². The summed E-state index contributed by atoms with van der Waals surface area (Å²) in [5, 5.41) is 13.4. The van der Waals surface area contributed by atoms with Crippen LogP contribution in [0.25, 0.3) is 0 Å². The molecule has 1 aliphatic heterocycles. The van der Waals surface area contributed by atoms with Crippen molar-refractivity contribution in [3.8, 4) is 0 Å². The fraction of sp³-hybridized carbons (Fsp3) is 0.250. The molecule has 1 saturated heterocycles. The Bertz CT molecular complexity index is 470. The van der Waals surface area contributed by atoms with E-state index >= 15 is 0 Å². The van der Waals surface area contributed by atoms with Gasteiger partial charge in [0.05, 0.1) is 5.73 Å². The molecule has 92 valence electrons. The third kappa shape index (κ3) is 1.73. The SMILES string of the molecule is OC1CCC[Si]1(c1ccccc1)c1ccccc1. The summed E-state index contributed by atoms with van der Waals surface area (Å²) in [4.78, 5) is 0. The van der Waals surface area contributed by atoms with E-state index in [4.69, 9.17) is 0 Å². The van der Waals surface area contributed by atoms with Crippen molar-refractivity contribution >= 4 is 18.4 Å². The Balaban J connectivity index is 2.17. The predicted molar refractivity (Wildman–Crippen MR) is 78.0 cm³/mol. The summed E-state index contributed by atoms with van der Waals surface area (Å²) in [6, 6.07) is 22.5. The van der Waals surface area contributed by atoms with Crippen LogP contribution in [0.4, 0.5) is 0 Å². The molecule has 0 amide bonds. The molecule has 1 heterocycles. The van der Waals surface area contributed by atoms with E-state index in [0.29, 0.717) is 0 Å². The molecule has 1 nitrogen and oxygen atoms in total. The Morgan fingerprint density at radius 1 is 0.833 bits per heavy atom. The lowest BCUT2D eigenvalue weighted by Crippen LogP contribution is -2.63. The first-order valence-electron chi connectivity index (χ1n) is 6.63. The average Bonchev–Trinajstić information content (AvgIpc) is 2.84. The molecule has 2 aromatic carbocycles. The molecular formula is C16H18OSi. The molecule has 0 aromatic heterocycles. The first kappa shape index (κ1) is 11.7. The Morgan fingerprint density at radius 3 is 1.72 bits per heavy atom. The summed E-state index contributed by atoms with van der Waals surface area (Å²) in [6.45, 7) is 0. The van der Waals surface area contributed by atoms with Crippen LogP contribution in [0.5, 0.6) is 0 Å². The van der Waals surface area contributed by atoms with Gasteiger partial charge in [-0.05, 0) is 12.5 Å². The van der Waals surface area contributed by atoms with Crippen LogP contribution >= 0.6 is 0 Å². The van der Waals surface area contributed by atoms with Gasteiger partial charge in [-0.1, -0.05) is 77.5 Å². The van der Waals surface area contributed by atoms with Crippen LogP contribution in [0.2, 0.25) is 6.04 Å². The van der Waals surface area contributed by atoms with Gasteiger partial charge in [-0.25, -0.2) is 0 Å². The van der Waals surface area contributed by atoms with Gasteiger partial charge in [0.15, 0.2) is 0 Å². The quantitative estimate of drug-likeness (QED) is 0.812. The zero-order valence-electron chi connectivity index (χ0n) is 10.4. The number of benzene rings is 2. The van der Waals surface area contributed by atoms with Crippen LogP contribution in [-0.4, -0.2) is 18.9 Å². The van der Waals surface area contributed by atoms with Crippen LogP contribution in [-0.2, 0) is 0 Å². The lowest BCUT2D eigenvalue weighted by molar-refractivity contribution is 0.246. The monoisotopic (exact) mass is 254 g/mol. The van der Waals surface area contributed by atoms with E-state index in [0.717, 1.165) is 12.8 Å². The smallest absolute Gasteiger partial charge is 0.148 e. The van der Waals surface area contributed by atoms with Gasteiger partial charge in [-0.2, -0.15) is 0 Å². The average molecular weight is 254 g/mol. The van der Waals surface area contributed by atoms with E-state index in [2.05, 4.69) is 60.7 Å². The van der Waals surface area contributed by atoms with Crippen LogP contribution in [0.1, 0.15) is 12.8 Å². The van der Waals surface area contributed by atoms with Gasteiger partial charge in [0.2, 0.25) is 0 Å². The minimum atomic E-state index is -1.93. The van der Waals surface area contributed by atoms with Crippen molar-refractivity contribution < 1.29 is 5.11 Å². The van der Waals surface area contributed by atoms with Crippen molar-refractivity contribution in [2.45, 2.75) is 24.6 Å². The van der Waals surface area contributed by atoms with Gasteiger partial charge in [0.1, 0.15) is 8.07 Å². The van der Waals surface area contributed by atoms with E-state index in [9.17, 15) is 5.11 Å². The highest BCUT2D eigenvalue weighted by atomic mass is 28.3. The van der Waals surface area contributed by atoms with Crippen LogP contribution in [0.3, 0.4) is 0 Å². The third-order valence-electron chi connectivity index (χ3n) is 4.20. The van der Waals surface area contributed by atoms with Gasteiger partial charge in [-0.15, -0.1) is 0 Å². The minimum Gasteiger partial charge on any atom is -0.396 e. The molecule has 18 heavy (non-hydrogen) atoms. The highest BCUT2D eigenvalue weighted by Gasteiger charge is 2.47. The Morgan fingerprint density at radius 2 is 1.33 bits per heavy atom. The summed E-state index contributed by atoms with van der Waals surface area (Å²) in [5.41, 5.74) is -0.137. The first-order valence-corrected chi connectivity index (χ1v) is 8.91. The molecule has 1 fully saturated rings. The van der Waals surface area contributed by atoms with Crippen molar-refractivity contribution in [1.82, 2.24) is 0 Å². The molecule has 0 bridgehead atoms. The zero-order valence-corrected chi connectivity index (χ0v) is 11.4. The summed E-state index contributed by atoms with van der Waals surface area (Å²) >= 11 is 0. The third-order valence-corrected chi connectivity index (χ3v) is 9.49. The van der Waals surface area contributed by atoms with Crippen molar-refractivity contribution in [2.75, 3.05) is 0 Å². The maximum atomic E-state index is 10.6. The molecule has 1 atom stereocenters. The maximum Gasteiger partial charge on any atom is 0.148 e. The Hall–Kier alpha value is -1.38. The summed E-state index contributed by atoms with van der Waals surface area (Å²) in [7, 11) is -1.93. The summed E-state index contributed by atoms with van der Waals surface area (Å²) < 4.78 is 0. The number of aliphatic hydroxyl groups is 1. The first-order chi connectivity index (χ1) is 8.84. The van der Waals surface area contributed by atoms with Crippen LogP contribution < -0.4 is 10.4 Å². The standard InChI is InChI=1S/C16H18OSi/c17-16-12-7-13-18(16,14-8-3-1-4-9-14)15-10-5-2-6-11-15/h1-6,8-11,16-17H,7,12-13H2. The molecule has 0 saturated carbocycles. The van der Waals surface area contributed by atoms with Crippen molar-refractivity contribution in [2.24, 2.45) is 0 Å². The maximum absolute atomic E-state index is 10.6. The molecule has 2 heteroatoms. The summed E-state index contributed by atoms with van der Waals surface area (Å²) in [5.74, 6) is 0. The molecular weight excluding hydrogens is 236 g/mol. The van der Waals surface area contributed by atoms with Gasteiger partial charge >= 0.3 is 0 Å². The Labute approximate surface area is 109 Å². The molecule has 2 aromatic rings. The number of rotatable bonds is 2. The molecule has 1 unspecified atom stereocenters. The molecule has 1 N–H and O–H groups in total. The number of hydrogen-bond donors (Lipinski definition) is 1. The van der Waals surface area contributed by atoms with E-state index in [1.807, 2.05) is 0 Å². The van der Waals surface area contributed by atoms with E-state index in [1.165, 1.54) is 16.4 Å². The second kappa shape index (κ2) is 4.71. The number of aliphatic hydroxyl groups excluding tert-OH is 1. The number of hydrogen-bond acceptors (Lipinski definition) is 1. The fourth-order valence-electron chi connectivity index (χ4n) is 3.30. The van der Waals surface area contributed by atoms with E-state index in [-0.39, 0.29) is 5.73 Å². The molecule has 0 aliphatic carbocycles. The predicted octanol–water partition coefficient (Wildman–Crippen LogP) is 1.94. The normalized spacial score (nSPS) is 21.9. The van der Waals surface area contributed by atoms with Crippen molar-refractivity contribution in [3.05, 3.63) is 60.7 Å². The van der Waals surface area contributed by atoms with Crippen molar-refractivity contribution in [3.63, 3.8) is 0 Å². The van der Waals surface area contributed by atoms with Crippen LogP contribution in [0, 0.1) is 0 Å².